The molecule has 0 aromatic carbocycles. The Hall–Kier alpha value is -0.860. The Balaban J connectivity index is 1.65. The van der Waals surface area contributed by atoms with Gasteiger partial charge < -0.3 is 0 Å². The topological polar surface area (TPSA) is 32.7 Å². The average Bonchev–Trinajstić information content (AvgIpc) is 3.11. The predicted molar refractivity (Wildman–Crippen MR) is 63.0 cm³/mol. The summed E-state index contributed by atoms with van der Waals surface area (Å²) < 4.78 is 0. The van der Waals surface area contributed by atoms with Crippen molar-refractivity contribution in [3.8, 4) is 0 Å². The van der Waals surface area contributed by atoms with Gasteiger partial charge in [-0.1, -0.05) is 13.8 Å². The van der Waals surface area contributed by atoms with E-state index in [2.05, 4.69) is 18.9 Å². The number of hydrogen-bond donors (Lipinski definition) is 0. The normalized spacial score (nSPS) is 29.2. The van der Waals surface area contributed by atoms with Gasteiger partial charge in [-0.3, -0.25) is 4.79 Å². The predicted octanol–water partition coefficient (Wildman–Crippen LogP) is 2.42. The molecule has 3 nitrogen and oxygen atoms in total. The van der Waals surface area contributed by atoms with Gasteiger partial charge >= 0.3 is 0 Å². The molecule has 1 atom stereocenters. The van der Waals surface area contributed by atoms with Crippen molar-refractivity contribution in [1.82, 2.24) is 5.01 Å². The second kappa shape index (κ2) is 3.31. The molecular formula is C13H20N2O. The fourth-order valence-electron chi connectivity index (χ4n) is 2.51. The van der Waals surface area contributed by atoms with E-state index in [9.17, 15) is 4.79 Å². The van der Waals surface area contributed by atoms with Crippen molar-refractivity contribution < 1.29 is 4.79 Å². The number of amides is 1. The van der Waals surface area contributed by atoms with E-state index < -0.39 is 0 Å². The fraction of sp³-hybridized carbons (Fsp3) is 0.846. The Bertz CT molecular complexity index is 353. The molecule has 1 aliphatic heterocycles. The third kappa shape index (κ3) is 1.76. The van der Waals surface area contributed by atoms with Gasteiger partial charge in [0, 0.05) is 12.0 Å². The zero-order valence-electron chi connectivity index (χ0n) is 10.2. The molecule has 0 spiro atoms. The van der Waals surface area contributed by atoms with Crippen LogP contribution in [0.25, 0.3) is 0 Å². The molecule has 2 fully saturated rings. The summed E-state index contributed by atoms with van der Waals surface area (Å²) in [6, 6.07) is 0. The third-order valence-corrected chi connectivity index (χ3v) is 4.43. The molecule has 3 heteroatoms. The van der Waals surface area contributed by atoms with Crippen molar-refractivity contribution >= 4 is 11.6 Å². The number of hydrogen-bond acceptors (Lipinski definition) is 2. The molecule has 1 amide bonds. The maximum atomic E-state index is 11.8. The van der Waals surface area contributed by atoms with Crippen molar-refractivity contribution in [3.05, 3.63) is 0 Å². The third-order valence-electron chi connectivity index (χ3n) is 4.43. The summed E-state index contributed by atoms with van der Waals surface area (Å²) in [7, 11) is 0. The maximum Gasteiger partial charge on any atom is 0.248 e. The summed E-state index contributed by atoms with van der Waals surface area (Å²) in [5.41, 5.74) is 1.41. The molecule has 1 unspecified atom stereocenters. The Morgan fingerprint density at radius 1 is 1.50 bits per heavy atom. The monoisotopic (exact) mass is 220 g/mol. The number of carbonyl (C=O) groups excluding carboxylic acids is 1. The van der Waals surface area contributed by atoms with E-state index in [1.807, 2.05) is 0 Å². The van der Waals surface area contributed by atoms with E-state index in [4.69, 9.17) is 0 Å². The second-order valence-electron chi connectivity index (χ2n) is 6.07. The van der Waals surface area contributed by atoms with Crippen LogP contribution in [0.2, 0.25) is 0 Å². The van der Waals surface area contributed by atoms with Crippen LogP contribution in [0.4, 0.5) is 0 Å². The van der Waals surface area contributed by atoms with Gasteiger partial charge in [0.05, 0.1) is 12.1 Å². The quantitative estimate of drug-likeness (QED) is 0.716. The van der Waals surface area contributed by atoms with Crippen LogP contribution in [0.1, 0.15) is 46.0 Å². The highest BCUT2D eigenvalue weighted by atomic mass is 16.2. The highest BCUT2D eigenvalue weighted by Crippen LogP contribution is 2.48. The number of carbonyl (C=O) groups is 1. The summed E-state index contributed by atoms with van der Waals surface area (Å²) in [4.78, 5) is 11.8. The molecule has 0 N–H and O–H groups in total. The molecular weight excluding hydrogens is 200 g/mol. The van der Waals surface area contributed by atoms with E-state index in [0.717, 1.165) is 18.2 Å². The first-order chi connectivity index (χ1) is 7.58. The van der Waals surface area contributed by atoms with Crippen molar-refractivity contribution in [2.75, 3.05) is 6.54 Å². The van der Waals surface area contributed by atoms with Crippen molar-refractivity contribution in [2.24, 2.45) is 22.4 Å². The molecule has 88 valence electrons. The summed E-state index contributed by atoms with van der Waals surface area (Å²) in [5, 5.41) is 6.29. The number of nitrogens with zero attached hydrogens (tertiary/aromatic N) is 2. The van der Waals surface area contributed by atoms with Crippen LogP contribution in [0.5, 0.6) is 0 Å². The van der Waals surface area contributed by atoms with Gasteiger partial charge in [0.25, 0.3) is 0 Å². The Morgan fingerprint density at radius 2 is 2.19 bits per heavy atom. The van der Waals surface area contributed by atoms with E-state index in [1.54, 1.807) is 5.01 Å². The molecule has 0 saturated heterocycles. The van der Waals surface area contributed by atoms with Crippen molar-refractivity contribution in [3.63, 3.8) is 0 Å². The van der Waals surface area contributed by atoms with Crippen molar-refractivity contribution in [2.45, 2.75) is 46.0 Å². The number of rotatable bonds is 4. The fourth-order valence-corrected chi connectivity index (χ4v) is 2.51. The van der Waals surface area contributed by atoms with Gasteiger partial charge in [-0.25, -0.2) is 5.01 Å². The van der Waals surface area contributed by atoms with Gasteiger partial charge in [0.2, 0.25) is 5.91 Å². The Kier molecular flexibility index (Phi) is 2.13. The van der Waals surface area contributed by atoms with Crippen LogP contribution in [0, 0.1) is 17.3 Å². The molecule has 16 heavy (non-hydrogen) atoms. The lowest BCUT2D eigenvalue weighted by atomic mass is 10.0. The van der Waals surface area contributed by atoms with E-state index >= 15 is 0 Å². The molecule has 3 rings (SSSR count). The molecule has 3 aliphatic rings. The zero-order valence-corrected chi connectivity index (χ0v) is 10.2. The summed E-state index contributed by atoms with van der Waals surface area (Å²) in [6.07, 6.45) is 5.69. The lowest BCUT2D eigenvalue weighted by Crippen LogP contribution is -2.26. The first-order valence-electron chi connectivity index (χ1n) is 6.47. The molecule has 0 aromatic rings. The molecule has 0 aromatic heterocycles. The first kappa shape index (κ1) is 10.3. The standard InChI is InChI=1S/C13H20N2O/c1-9(10-3-4-10)8-15-12(16)7-11(14-15)13(2)5-6-13/h9-10H,3-8H2,1-2H3. The highest BCUT2D eigenvalue weighted by molar-refractivity contribution is 6.08. The van der Waals surface area contributed by atoms with Crippen LogP contribution in [0.15, 0.2) is 5.10 Å². The van der Waals surface area contributed by atoms with Gasteiger partial charge in [-0.05, 0) is 37.5 Å². The lowest BCUT2D eigenvalue weighted by molar-refractivity contribution is -0.129. The summed E-state index contributed by atoms with van der Waals surface area (Å²) in [5.74, 6) is 1.69. The largest absolute Gasteiger partial charge is 0.273 e. The SMILES string of the molecule is CC(CN1N=C(C2(C)CC2)CC1=O)C1CC1. The van der Waals surface area contributed by atoms with Crippen LogP contribution in [-0.4, -0.2) is 23.2 Å². The van der Waals surface area contributed by atoms with E-state index in [-0.39, 0.29) is 11.3 Å². The molecule has 0 bridgehead atoms. The average molecular weight is 220 g/mol. The molecule has 2 aliphatic carbocycles. The van der Waals surface area contributed by atoms with Crippen LogP contribution < -0.4 is 0 Å². The molecule has 2 saturated carbocycles. The molecule has 1 heterocycles. The van der Waals surface area contributed by atoms with Crippen LogP contribution >= 0.6 is 0 Å². The van der Waals surface area contributed by atoms with Gasteiger partial charge in [0.1, 0.15) is 0 Å². The van der Waals surface area contributed by atoms with Crippen molar-refractivity contribution in [1.29, 1.82) is 0 Å². The van der Waals surface area contributed by atoms with Gasteiger partial charge in [0.15, 0.2) is 0 Å². The Labute approximate surface area is 96.9 Å². The second-order valence-corrected chi connectivity index (χ2v) is 6.07. The summed E-state index contributed by atoms with van der Waals surface area (Å²) in [6.45, 7) is 5.31. The zero-order chi connectivity index (χ0) is 11.3. The summed E-state index contributed by atoms with van der Waals surface area (Å²) >= 11 is 0. The maximum absolute atomic E-state index is 11.8. The lowest BCUT2D eigenvalue weighted by Gasteiger charge is -2.17. The minimum absolute atomic E-state index is 0.218. The minimum Gasteiger partial charge on any atom is -0.273 e. The minimum atomic E-state index is 0.218. The van der Waals surface area contributed by atoms with E-state index in [1.165, 1.54) is 25.7 Å². The smallest absolute Gasteiger partial charge is 0.248 e. The van der Waals surface area contributed by atoms with Crippen LogP contribution in [0.3, 0.4) is 0 Å². The molecule has 0 radical (unpaired) electrons. The van der Waals surface area contributed by atoms with Gasteiger partial charge in [-0.2, -0.15) is 5.10 Å². The van der Waals surface area contributed by atoms with Gasteiger partial charge in [-0.15, -0.1) is 0 Å². The van der Waals surface area contributed by atoms with Crippen LogP contribution in [-0.2, 0) is 4.79 Å². The number of hydrazone groups is 1. The Morgan fingerprint density at radius 3 is 2.75 bits per heavy atom. The van der Waals surface area contributed by atoms with E-state index in [0.29, 0.717) is 12.3 Å². The first-order valence-corrected chi connectivity index (χ1v) is 6.47. The highest BCUT2D eigenvalue weighted by Gasteiger charge is 2.46.